The van der Waals surface area contributed by atoms with E-state index in [1.54, 1.807) is 13.3 Å². The molecule has 3 aromatic heterocycles. The monoisotopic (exact) mass is 530 g/mol. The highest BCUT2D eigenvalue weighted by molar-refractivity contribution is 5.98. The molecular formula is C28H34N8O3. The zero-order valence-electron chi connectivity index (χ0n) is 22.7. The molecule has 2 saturated heterocycles. The normalized spacial score (nSPS) is 23.3. The van der Waals surface area contributed by atoms with E-state index in [1.165, 1.54) is 12.0 Å². The Morgan fingerprint density at radius 1 is 1.13 bits per heavy atom. The second-order valence-corrected chi connectivity index (χ2v) is 10.7. The molecule has 6 rings (SSSR count). The van der Waals surface area contributed by atoms with Crippen LogP contribution < -0.4 is 15.1 Å². The predicted octanol–water partition coefficient (Wildman–Crippen LogP) is 3.85. The molecule has 0 saturated carbocycles. The van der Waals surface area contributed by atoms with E-state index < -0.39 is 6.10 Å². The minimum absolute atomic E-state index is 0.159. The molecule has 2 fully saturated rings. The lowest BCUT2D eigenvalue weighted by atomic mass is 9.87. The largest absolute Gasteiger partial charge is 0.428 e. The minimum atomic E-state index is -0.578. The Balaban J connectivity index is 1.26. The molecule has 1 aromatic carbocycles. The van der Waals surface area contributed by atoms with Gasteiger partial charge >= 0.3 is 0 Å². The summed E-state index contributed by atoms with van der Waals surface area (Å²) in [6.45, 7) is 8.57. The topological polar surface area (TPSA) is 126 Å². The van der Waals surface area contributed by atoms with Crippen LogP contribution in [0.4, 0.5) is 23.3 Å². The predicted molar refractivity (Wildman–Crippen MR) is 149 cm³/mol. The van der Waals surface area contributed by atoms with Gasteiger partial charge in [0.1, 0.15) is 11.6 Å². The van der Waals surface area contributed by atoms with Gasteiger partial charge in [0.15, 0.2) is 0 Å². The fourth-order valence-electron chi connectivity index (χ4n) is 5.69. The summed E-state index contributed by atoms with van der Waals surface area (Å²) < 4.78 is 10.8. The zero-order chi connectivity index (χ0) is 27.1. The Bertz CT molecular complexity index is 1450. The number of nitrogens with one attached hydrogen (secondary N) is 1. The molecule has 39 heavy (non-hydrogen) atoms. The van der Waals surface area contributed by atoms with Gasteiger partial charge in [-0.15, -0.1) is 10.2 Å². The van der Waals surface area contributed by atoms with Crippen LogP contribution in [-0.4, -0.2) is 75.2 Å². The summed E-state index contributed by atoms with van der Waals surface area (Å²) in [7, 11) is 1.63. The Labute approximate surface area is 227 Å². The van der Waals surface area contributed by atoms with Gasteiger partial charge in [-0.3, -0.25) is 0 Å². The highest BCUT2D eigenvalue weighted by Gasteiger charge is 2.40. The van der Waals surface area contributed by atoms with E-state index in [1.807, 2.05) is 17.2 Å². The molecular weight excluding hydrogens is 496 g/mol. The highest BCUT2D eigenvalue weighted by atomic mass is 16.5. The first kappa shape index (κ1) is 25.4. The lowest BCUT2D eigenvalue weighted by molar-refractivity contribution is -0.0219. The third-order valence-corrected chi connectivity index (χ3v) is 8.01. The van der Waals surface area contributed by atoms with Crippen LogP contribution in [0, 0.1) is 0 Å². The van der Waals surface area contributed by atoms with Crippen molar-refractivity contribution in [2.24, 2.45) is 0 Å². The van der Waals surface area contributed by atoms with E-state index in [0.29, 0.717) is 35.9 Å². The number of anilines is 4. The number of aromatic nitrogens is 5. The number of β-amino-alcohol motifs (C(OH)–C–C–N with tert-alkyl or cyclic N) is 1. The molecule has 2 aliphatic heterocycles. The molecule has 0 radical (unpaired) electrons. The first-order valence-corrected chi connectivity index (χ1v) is 13.4. The maximum atomic E-state index is 10.4. The van der Waals surface area contributed by atoms with Crippen LogP contribution in [0.2, 0.25) is 0 Å². The number of ether oxygens (including phenoxy) is 1. The average Bonchev–Trinajstić information content (AvgIpc) is 3.46. The summed E-state index contributed by atoms with van der Waals surface area (Å²) in [5, 5.41) is 24.0. The van der Waals surface area contributed by atoms with Crippen molar-refractivity contribution >= 4 is 34.0 Å². The number of hydrogen-bond acceptors (Lipinski definition) is 11. The van der Waals surface area contributed by atoms with Gasteiger partial charge < -0.3 is 29.4 Å². The smallest absolute Gasteiger partial charge is 0.227 e. The molecule has 5 heterocycles. The molecule has 11 heteroatoms. The summed E-state index contributed by atoms with van der Waals surface area (Å²) in [6, 6.07) is 8.58. The molecule has 0 amide bonds. The van der Waals surface area contributed by atoms with Crippen molar-refractivity contribution in [3.05, 3.63) is 54.5 Å². The van der Waals surface area contributed by atoms with Crippen LogP contribution in [-0.2, 0) is 4.74 Å². The van der Waals surface area contributed by atoms with Crippen molar-refractivity contribution in [3.63, 3.8) is 0 Å². The molecule has 4 aromatic rings. The summed E-state index contributed by atoms with van der Waals surface area (Å²) in [6.07, 6.45) is 5.04. The SMILES string of the molecule is CO[C@@H]1CCN(c2nccc(Nc3cc4c(C(C)C)ccc(N5C[C@@H](c6nnco6)[C@@H]5C)c4cn3)n2)C[C@H]1O. The Hall–Kier alpha value is -3.83. The van der Waals surface area contributed by atoms with Crippen molar-refractivity contribution in [2.45, 2.75) is 57.3 Å². The van der Waals surface area contributed by atoms with E-state index in [9.17, 15) is 5.11 Å². The van der Waals surface area contributed by atoms with E-state index >= 15 is 0 Å². The van der Waals surface area contributed by atoms with Crippen LogP contribution in [0.1, 0.15) is 50.5 Å². The number of fused-ring (bicyclic) bond motifs is 1. The molecule has 0 spiro atoms. The summed E-state index contributed by atoms with van der Waals surface area (Å²) >= 11 is 0. The number of piperidine rings is 1. The summed E-state index contributed by atoms with van der Waals surface area (Å²) in [5.41, 5.74) is 2.42. The van der Waals surface area contributed by atoms with E-state index in [0.717, 1.165) is 36.0 Å². The standard InChI is InChI=1S/C28H34N8O3/c1-16(2)18-5-6-22(36-13-21(17(36)3)27-34-31-15-39-27)20-12-30-26(11-19(18)20)32-25-7-9-29-28(33-25)35-10-8-24(38-4)23(37)14-35/h5-7,9,11-12,15-17,21,23-24,37H,8,10,13-14H2,1-4H3,(H,29,30,32,33)/t17-,21+,23+,24+/m0/s1. The Kier molecular flexibility index (Phi) is 6.78. The second-order valence-electron chi connectivity index (χ2n) is 10.7. The third-order valence-electron chi connectivity index (χ3n) is 8.01. The molecule has 4 atom stereocenters. The van der Waals surface area contributed by atoms with Gasteiger partial charge in [-0.1, -0.05) is 19.9 Å². The van der Waals surface area contributed by atoms with E-state index in [4.69, 9.17) is 19.1 Å². The molecule has 0 bridgehead atoms. The van der Waals surface area contributed by atoms with Gasteiger partial charge in [-0.2, -0.15) is 4.98 Å². The average molecular weight is 531 g/mol. The quantitative estimate of drug-likeness (QED) is 0.362. The van der Waals surface area contributed by atoms with Gasteiger partial charge in [0, 0.05) is 56.3 Å². The second kappa shape index (κ2) is 10.4. The van der Waals surface area contributed by atoms with Gasteiger partial charge in [0.25, 0.3) is 0 Å². The molecule has 2 N–H and O–H groups in total. The zero-order valence-corrected chi connectivity index (χ0v) is 22.7. The third kappa shape index (κ3) is 4.76. The lowest BCUT2D eigenvalue weighted by Gasteiger charge is -2.46. The molecule has 0 unspecified atom stereocenters. The number of pyridine rings is 1. The van der Waals surface area contributed by atoms with Gasteiger partial charge in [0.05, 0.1) is 18.1 Å². The molecule has 11 nitrogen and oxygen atoms in total. The van der Waals surface area contributed by atoms with Crippen molar-refractivity contribution in [1.82, 2.24) is 25.1 Å². The number of benzene rings is 1. The maximum absolute atomic E-state index is 10.4. The van der Waals surface area contributed by atoms with E-state index in [2.05, 4.69) is 64.4 Å². The highest BCUT2D eigenvalue weighted by Crippen LogP contribution is 2.42. The summed E-state index contributed by atoms with van der Waals surface area (Å²) in [4.78, 5) is 18.3. The van der Waals surface area contributed by atoms with Crippen LogP contribution in [0.5, 0.6) is 0 Å². The fourth-order valence-corrected chi connectivity index (χ4v) is 5.69. The molecule has 2 aliphatic rings. The number of methoxy groups -OCH3 is 1. The number of hydrogen-bond donors (Lipinski definition) is 2. The number of rotatable bonds is 7. The lowest BCUT2D eigenvalue weighted by Crippen LogP contribution is -2.53. The van der Waals surface area contributed by atoms with Crippen LogP contribution in [0.3, 0.4) is 0 Å². The Morgan fingerprint density at radius 2 is 2.00 bits per heavy atom. The van der Waals surface area contributed by atoms with E-state index in [-0.39, 0.29) is 18.1 Å². The van der Waals surface area contributed by atoms with Crippen LogP contribution in [0.25, 0.3) is 10.8 Å². The van der Waals surface area contributed by atoms with Crippen LogP contribution in [0.15, 0.2) is 47.5 Å². The van der Waals surface area contributed by atoms with Crippen LogP contribution >= 0.6 is 0 Å². The molecule has 204 valence electrons. The maximum Gasteiger partial charge on any atom is 0.227 e. The van der Waals surface area contributed by atoms with Crippen molar-refractivity contribution in [2.75, 3.05) is 41.9 Å². The Morgan fingerprint density at radius 3 is 2.72 bits per heavy atom. The van der Waals surface area contributed by atoms with Gasteiger partial charge in [0.2, 0.25) is 18.2 Å². The first-order valence-electron chi connectivity index (χ1n) is 13.4. The molecule has 0 aliphatic carbocycles. The van der Waals surface area contributed by atoms with Gasteiger partial charge in [-0.05, 0) is 48.4 Å². The number of aliphatic hydroxyl groups is 1. The van der Waals surface area contributed by atoms with Crippen molar-refractivity contribution in [3.8, 4) is 0 Å². The summed E-state index contributed by atoms with van der Waals surface area (Å²) in [5.74, 6) is 3.19. The first-order chi connectivity index (χ1) is 18.9. The number of nitrogens with zero attached hydrogens (tertiary/aromatic N) is 7. The van der Waals surface area contributed by atoms with Crippen molar-refractivity contribution in [1.29, 1.82) is 0 Å². The van der Waals surface area contributed by atoms with Gasteiger partial charge in [-0.25, -0.2) is 9.97 Å². The minimum Gasteiger partial charge on any atom is -0.428 e. The van der Waals surface area contributed by atoms with Crippen molar-refractivity contribution < 1.29 is 14.3 Å². The number of aliphatic hydroxyl groups excluding tert-OH is 1. The fraction of sp³-hybridized carbons (Fsp3) is 0.464.